The number of nitrogens with zero attached hydrogens (tertiary/aromatic N) is 2. The Kier molecular flexibility index (Phi) is 5.43. The number of ether oxygens (including phenoxy) is 1. The Balaban J connectivity index is 1.41. The Hall–Kier alpha value is -2.67. The number of hydrogen-bond donors (Lipinski definition) is 2. The van der Waals surface area contributed by atoms with Crippen LogP contribution >= 0.6 is 0 Å². The number of fused-ring (bicyclic) bond motifs is 1. The summed E-state index contributed by atoms with van der Waals surface area (Å²) in [6.07, 6.45) is 3.16. The van der Waals surface area contributed by atoms with Crippen molar-refractivity contribution in [2.75, 3.05) is 19.7 Å². The van der Waals surface area contributed by atoms with E-state index in [4.69, 9.17) is 4.74 Å². The van der Waals surface area contributed by atoms with Gasteiger partial charge in [0.15, 0.2) is 5.69 Å². The fraction of sp³-hybridized carbons (Fsp3) is 0.476. The lowest BCUT2D eigenvalue weighted by molar-refractivity contribution is -0.131. The number of carbonyl (C=O) groups is 2. The molecular formula is C21H26N4O3. The van der Waals surface area contributed by atoms with Gasteiger partial charge in [-0.2, -0.15) is 5.10 Å². The molecule has 0 spiro atoms. The fourth-order valence-corrected chi connectivity index (χ4v) is 3.87. The molecule has 1 saturated heterocycles. The summed E-state index contributed by atoms with van der Waals surface area (Å²) >= 11 is 0. The number of rotatable bonds is 5. The number of hydrogen-bond acceptors (Lipinski definition) is 4. The van der Waals surface area contributed by atoms with E-state index in [2.05, 4.69) is 15.5 Å². The van der Waals surface area contributed by atoms with Crippen molar-refractivity contribution in [2.45, 2.75) is 45.3 Å². The second kappa shape index (κ2) is 8.14. The summed E-state index contributed by atoms with van der Waals surface area (Å²) in [6, 6.07) is 7.94. The third-order valence-corrected chi connectivity index (χ3v) is 5.62. The Labute approximate surface area is 164 Å². The molecule has 4 rings (SSSR count). The highest BCUT2D eigenvalue weighted by atomic mass is 16.5. The molecule has 2 aliphatic heterocycles. The first-order valence-corrected chi connectivity index (χ1v) is 9.90. The lowest BCUT2D eigenvalue weighted by atomic mass is 10.0. The van der Waals surface area contributed by atoms with Crippen LogP contribution in [0.5, 0.6) is 0 Å². The second-order valence-corrected chi connectivity index (χ2v) is 7.54. The van der Waals surface area contributed by atoms with Crippen molar-refractivity contribution in [3.63, 3.8) is 0 Å². The maximum absolute atomic E-state index is 12.8. The molecule has 7 nitrogen and oxygen atoms in total. The molecule has 2 aromatic rings. The molecule has 148 valence electrons. The molecule has 7 heteroatoms. The molecular weight excluding hydrogens is 356 g/mol. The van der Waals surface area contributed by atoms with Gasteiger partial charge in [0, 0.05) is 43.9 Å². The predicted molar refractivity (Wildman–Crippen MR) is 104 cm³/mol. The van der Waals surface area contributed by atoms with Crippen LogP contribution in [0.4, 0.5) is 0 Å². The molecule has 3 heterocycles. The van der Waals surface area contributed by atoms with Crippen LogP contribution in [0.25, 0.3) is 0 Å². The first-order chi connectivity index (χ1) is 13.6. The Bertz CT molecular complexity index is 870. The van der Waals surface area contributed by atoms with E-state index in [0.29, 0.717) is 38.2 Å². The highest BCUT2D eigenvalue weighted by Gasteiger charge is 2.28. The molecule has 2 N–H and O–H groups in total. The second-order valence-electron chi connectivity index (χ2n) is 7.54. The summed E-state index contributed by atoms with van der Waals surface area (Å²) < 4.78 is 5.55. The van der Waals surface area contributed by atoms with Crippen LogP contribution in [-0.2, 0) is 28.9 Å². The van der Waals surface area contributed by atoms with E-state index >= 15 is 0 Å². The average Bonchev–Trinajstić information content (AvgIpc) is 3.37. The van der Waals surface area contributed by atoms with Crippen molar-refractivity contribution in [1.82, 2.24) is 20.4 Å². The maximum atomic E-state index is 12.8. The Morgan fingerprint density at radius 1 is 1.36 bits per heavy atom. The molecule has 2 amide bonds. The van der Waals surface area contributed by atoms with Gasteiger partial charge in [-0.3, -0.25) is 14.7 Å². The largest absolute Gasteiger partial charge is 0.376 e. The van der Waals surface area contributed by atoms with E-state index in [0.717, 1.165) is 41.8 Å². The monoisotopic (exact) mass is 382 g/mol. The molecule has 1 aromatic carbocycles. The smallest absolute Gasteiger partial charge is 0.272 e. The summed E-state index contributed by atoms with van der Waals surface area (Å²) in [7, 11) is 0. The van der Waals surface area contributed by atoms with Crippen molar-refractivity contribution in [1.29, 1.82) is 0 Å². The van der Waals surface area contributed by atoms with Gasteiger partial charge in [0.2, 0.25) is 5.91 Å². The molecule has 0 saturated carbocycles. The Morgan fingerprint density at radius 2 is 2.21 bits per heavy atom. The number of nitrogens with one attached hydrogen (secondary N) is 2. The van der Waals surface area contributed by atoms with Crippen molar-refractivity contribution < 1.29 is 14.3 Å². The zero-order valence-corrected chi connectivity index (χ0v) is 16.2. The molecule has 1 aromatic heterocycles. The number of aryl methyl sites for hydroxylation is 1. The summed E-state index contributed by atoms with van der Waals surface area (Å²) in [4.78, 5) is 27.2. The molecule has 1 fully saturated rings. The SMILES string of the molecule is Cc1ccccc1CC(=O)N1CCc2[nH]nc(C(=O)NCC3CCCO3)c2C1. The number of carbonyl (C=O) groups excluding carboxylic acids is 2. The highest BCUT2D eigenvalue weighted by Crippen LogP contribution is 2.22. The standard InChI is InChI=1S/C21H26N4O3/c1-14-5-2-3-6-15(14)11-19(26)25-9-8-18-17(13-25)20(24-23-18)21(27)22-12-16-7-4-10-28-16/h2-3,5-6,16H,4,7-13H2,1H3,(H,22,27)(H,23,24). The number of aromatic nitrogens is 2. The van der Waals surface area contributed by atoms with Crippen LogP contribution in [0.1, 0.15) is 45.7 Å². The first-order valence-electron chi connectivity index (χ1n) is 9.90. The van der Waals surface area contributed by atoms with Gasteiger partial charge in [0.25, 0.3) is 5.91 Å². The van der Waals surface area contributed by atoms with E-state index < -0.39 is 0 Å². The summed E-state index contributed by atoms with van der Waals surface area (Å²) in [5.41, 5.74) is 4.32. The van der Waals surface area contributed by atoms with E-state index in [1.165, 1.54) is 0 Å². The lowest BCUT2D eigenvalue weighted by Crippen LogP contribution is -2.38. The van der Waals surface area contributed by atoms with Gasteiger partial charge in [-0.25, -0.2) is 0 Å². The van der Waals surface area contributed by atoms with Gasteiger partial charge in [-0.05, 0) is 30.9 Å². The predicted octanol–water partition coefficient (Wildman–Crippen LogP) is 1.75. The van der Waals surface area contributed by atoms with Gasteiger partial charge in [0.05, 0.1) is 12.5 Å². The number of benzene rings is 1. The van der Waals surface area contributed by atoms with Gasteiger partial charge in [-0.15, -0.1) is 0 Å². The molecule has 0 bridgehead atoms. The van der Waals surface area contributed by atoms with E-state index in [9.17, 15) is 9.59 Å². The van der Waals surface area contributed by atoms with Gasteiger partial charge < -0.3 is 15.0 Å². The quantitative estimate of drug-likeness (QED) is 0.825. The molecule has 0 aliphatic carbocycles. The van der Waals surface area contributed by atoms with Crippen LogP contribution in [-0.4, -0.2) is 52.7 Å². The van der Waals surface area contributed by atoms with Crippen LogP contribution in [0, 0.1) is 6.92 Å². The number of H-pyrrole nitrogens is 1. The van der Waals surface area contributed by atoms with Crippen molar-refractivity contribution in [3.8, 4) is 0 Å². The lowest BCUT2D eigenvalue weighted by Gasteiger charge is -2.27. The van der Waals surface area contributed by atoms with Gasteiger partial charge in [0.1, 0.15) is 0 Å². The van der Waals surface area contributed by atoms with Crippen LogP contribution in [0.3, 0.4) is 0 Å². The van der Waals surface area contributed by atoms with Crippen LogP contribution in [0.2, 0.25) is 0 Å². The number of aromatic amines is 1. The van der Waals surface area contributed by atoms with Crippen LogP contribution < -0.4 is 5.32 Å². The minimum atomic E-state index is -0.207. The summed E-state index contributed by atoms with van der Waals surface area (Å²) in [5, 5.41) is 10.1. The van der Waals surface area contributed by atoms with Gasteiger partial charge >= 0.3 is 0 Å². The zero-order valence-electron chi connectivity index (χ0n) is 16.2. The number of amides is 2. The highest BCUT2D eigenvalue weighted by molar-refractivity contribution is 5.94. The third-order valence-electron chi connectivity index (χ3n) is 5.62. The van der Waals surface area contributed by atoms with Crippen molar-refractivity contribution in [3.05, 3.63) is 52.3 Å². The van der Waals surface area contributed by atoms with Gasteiger partial charge in [-0.1, -0.05) is 24.3 Å². The van der Waals surface area contributed by atoms with Crippen molar-refractivity contribution in [2.24, 2.45) is 0 Å². The van der Waals surface area contributed by atoms with E-state index in [1.807, 2.05) is 36.1 Å². The molecule has 1 atom stereocenters. The minimum absolute atomic E-state index is 0.0758. The normalized spacial score (nSPS) is 18.8. The average molecular weight is 382 g/mol. The fourth-order valence-electron chi connectivity index (χ4n) is 3.87. The summed E-state index contributed by atoms with van der Waals surface area (Å²) in [5.74, 6) is -0.131. The molecule has 0 radical (unpaired) electrons. The molecule has 1 unspecified atom stereocenters. The van der Waals surface area contributed by atoms with E-state index in [1.54, 1.807) is 0 Å². The van der Waals surface area contributed by atoms with Crippen molar-refractivity contribution >= 4 is 11.8 Å². The zero-order chi connectivity index (χ0) is 19.5. The molecule has 2 aliphatic rings. The maximum Gasteiger partial charge on any atom is 0.272 e. The topological polar surface area (TPSA) is 87.3 Å². The van der Waals surface area contributed by atoms with Crippen LogP contribution in [0.15, 0.2) is 24.3 Å². The first kappa shape index (κ1) is 18.7. The third kappa shape index (κ3) is 3.94. The minimum Gasteiger partial charge on any atom is -0.376 e. The Morgan fingerprint density at radius 3 is 3.00 bits per heavy atom. The molecule has 28 heavy (non-hydrogen) atoms. The van der Waals surface area contributed by atoms with E-state index in [-0.39, 0.29) is 17.9 Å². The summed E-state index contributed by atoms with van der Waals surface area (Å²) in [6.45, 7) is 4.33.